The molecule has 1 aromatic carbocycles. The molecule has 0 atom stereocenters. The molecule has 0 aliphatic heterocycles. The minimum atomic E-state index is -0.720. The summed E-state index contributed by atoms with van der Waals surface area (Å²) in [7, 11) is 0. The highest BCUT2D eigenvalue weighted by atomic mass is 16.2. The van der Waals surface area contributed by atoms with E-state index >= 15 is 0 Å². The van der Waals surface area contributed by atoms with Gasteiger partial charge in [0.05, 0.1) is 11.2 Å². The summed E-state index contributed by atoms with van der Waals surface area (Å²) in [6.45, 7) is 1.83. The first-order chi connectivity index (χ1) is 9.58. The molecule has 1 aromatic heterocycles. The van der Waals surface area contributed by atoms with E-state index in [1.165, 1.54) is 0 Å². The van der Waals surface area contributed by atoms with E-state index in [1.807, 2.05) is 31.2 Å². The topological polar surface area (TPSA) is 96.7 Å². The predicted octanol–water partition coefficient (Wildman–Crippen LogP) is 1.60. The monoisotopic (exact) mass is 271 g/mol. The van der Waals surface area contributed by atoms with Gasteiger partial charge in [0.1, 0.15) is 5.82 Å². The third kappa shape index (κ3) is 2.18. The van der Waals surface area contributed by atoms with Crippen LogP contribution in [0.2, 0.25) is 0 Å². The lowest BCUT2D eigenvalue weighted by Gasteiger charge is -2.36. The molecule has 1 aliphatic rings. The standard InChI is InChI=1S/C14H17N5O/c1-9-16-12(19-18-9)10-5-2-3-6-11(10)17-13(20)14(15)7-4-8-14/h2-3,5-6H,4,7-8,15H2,1H3,(H,17,20)(H,16,18,19). The van der Waals surface area contributed by atoms with Gasteiger partial charge in [-0.2, -0.15) is 5.10 Å². The van der Waals surface area contributed by atoms with E-state index in [0.29, 0.717) is 11.5 Å². The molecule has 1 aliphatic carbocycles. The number of nitrogens with one attached hydrogen (secondary N) is 2. The van der Waals surface area contributed by atoms with E-state index in [4.69, 9.17) is 5.73 Å². The number of carbonyl (C=O) groups is 1. The van der Waals surface area contributed by atoms with Gasteiger partial charge in [-0.1, -0.05) is 12.1 Å². The molecular weight excluding hydrogens is 254 g/mol. The number of carbonyl (C=O) groups excluding carboxylic acids is 1. The van der Waals surface area contributed by atoms with Gasteiger partial charge in [0.2, 0.25) is 5.91 Å². The van der Waals surface area contributed by atoms with Gasteiger partial charge in [0.15, 0.2) is 5.82 Å². The second-order valence-electron chi connectivity index (χ2n) is 5.25. The summed E-state index contributed by atoms with van der Waals surface area (Å²) < 4.78 is 0. The van der Waals surface area contributed by atoms with Crippen LogP contribution in [-0.4, -0.2) is 26.6 Å². The number of aryl methyl sites for hydroxylation is 1. The number of nitrogens with two attached hydrogens (primary N) is 1. The molecule has 2 aromatic rings. The largest absolute Gasteiger partial charge is 0.324 e. The zero-order valence-electron chi connectivity index (χ0n) is 11.3. The number of hydrogen-bond donors (Lipinski definition) is 3. The quantitative estimate of drug-likeness (QED) is 0.790. The second-order valence-corrected chi connectivity index (χ2v) is 5.25. The Morgan fingerprint density at radius 2 is 2.15 bits per heavy atom. The lowest BCUT2D eigenvalue weighted by molar-refractivity contribution is -0.123. The van der Waals surface area contributed by atoms with Crippen molar-refractivity contribution in [1.29, 1.82) is 0 Å². The molecular formula is C14H17N5O. The molecule has 20 heavy (non-hydrogen) atoms. The van der Waals surface area contributed by atoms with Crippen LogP contribution in [0.15, 0.2) is 24.3 Å². The number of anilines is 1. The maximum absolute atomic E-state index is 12.2. The van der Waals surface area contributed by atoms with Crippen LogP contribution in [0.25, 0.3) is 11.4 Å². The van der Waals surface area contributed by atoms with Crippen LogP contribution in [0, 0.1) is 6.92 Å². The predicted molar refractivity (Wildman–Crippen MR) is 76.0 cm³/mol. The Labute approximate surface area is 116 Å². The molecule has 3 rings (SSSR count). The number of para-hydroxylation sites is 1. The van der Waals surface area contributed by atoms with Gasteiger partial charge in [0, 0.05) is 5.56 Å². The van der Waals surface area contributed by atoms with Gasteiger partial charge in [-0.15, -0.1) is 0 Å². The van der Waals surface area contributed by atoms with Crippen LogP contribution >= 0.6 is 0 Å². The lowest BCUT2D eigenvalue weighted by atomic mass is 9.77. The normalized spacial score (nSPS) is 16.5. The van der Waals surface area contributed by atoms with Crippen molar-refractivity contribution in [1.82, 2.24) is 15.2 Å². The minimum absolute atomic E-state index is 0.136. The summed E-state index contributed by atoms with van der Waals surface area (Å²) in [5.41, 5.74) is 6.79. The Kier molecular flexibility index (Phi) is 3.02. The van der Waals surface area contributed by atoms with Crippen LogP contribution in [0.5, 0.6) is 0 Å². The molecule has 0 spiro atoms. The highest BCUT2D eigenvalue weighted by Gasteiger charge is 2.40. The van der Waals surface area contributed by atoms with Crippen molar-refractivity contribution < 1.29 is 4.79 Å². The van der Waals surface area contributed by atoms with Gasteiger partial charge in [0.25, 0.3) is 0 Å². The number of benzene rings is 1. The van der Waals surface area contributed by atoms with Crippen molar-refractivity contribution in [2.75, 3.05) is 5.32 Å². The number of hydrogen-bond acceptors (Lipinski definition) is 4. The smallest absolute Gasteiger partial charge is 0.244 e. The van der Waals surface area contributed by atoms with E-state index in [9.17, 15) is 4.79 Å². The Morgan fingerprint density at radius 3 is 2.75 bits per heavy atom. The number of rotatable bonds is 3. The maximum Gasteiger partial charge on any atom is 0.244 e. The molecule has 0 unspecified atom stereocenters. The summed E-state index contributed by atoms with van der Waals surface area (Å²) in [4.78, 5) is 16.5. The maximum atomic E-state index is 12.2. The van der Waals surface area contributed by atoms with Crippen LogP contribution in [-0.2, 0) is 4.79 Å². The molecule has 0 radical (unpaired) electrons. The molecule has 1 amide bonds. The summed E-state index contributed by atoms with van der Waals surface area (Å²) in [5.74, 6) is 1.16. The third-order valence-corrected chi connectivity index (χ3v) is 3.71. The van der Waals surface area contributed by atoms with Crippen LogP contribution < -0.4 is 11.1 Å². The SMILES string of the molecule is Cc1nc(-c2ccccc2NC(=O)C2(N)CCC2)n[nH]1. The van der Waals surface area contributed by atoms with Crippen molar-refractivity contribution in [3.05, 3.63) is 30.1 Å². The Hall–Kier alpha value is -2.21. The average Bonchev–Trinajstić information content (AvgIpc) is 2.83. The van der Waals surface area contributed by atoms with Gasteiger partial charge in [-0.25, -0.2) is 4.98 Å². The fourth-order valence-corrected chi connectivity index (χ4v) is 2.28. The highest BCUT2D eigenvalue weighted by molar-refractivity contribution is 6.01. The van der Waals surface area contributed by atoms with Gasteiger partial charge >= 0.3 is 0 Å². The van der Waals surface area contributed by atoms with Crippen LogP contribution in [0.4, 0.5) is 5.69 Å². The molecule has 1 heterocycles. The van der Waals surface area contributed by atoms with Crippen molar-refractivity contribution in [2.24, 2.45) is 5.73 Å². The van der Waals surface area contributed by atoms with Gasteiger partial charge < -0.3 is 11.1 Å². The fraction of sp³-hybridized carbons (Fsp3) is 0.357. The summed E-state index contributed by atoms with van der Waals surface area (Å²) in [6, 6.07) is 7.46. The molecule has 6 nitrogen and oxygen atoms in total. The average molecular weight is 271 g/mol. The molecule has 6 heteroatoms. The van der Waals surface area contributed by atoms with Crippen molar-refractivity contribution in [3.8, 4) is 11.4 Å². The van der Waals surface area contributed by atoms with E-state index in [0.717, 1.165) is 30.7 Å². The Morgan fingerprint density at radius 1 is 1.40 bits per heavy atom. The second kappa shape index (κ2) is 4.72. The lowest BCUT2D eigenvalue weighted by Crippen LogP contribution is -2.56. The Balaban J connectivity index is 1.88. The zero-order chi connectivity index (χ0) is 14.2. The number of nitrogens with zero attached hydrogens (tertiary/aromatic N) is 2. The van der Waals surface area contributed by atoms with Crippen molar-refractivity contribution in [3.63, 3.8) is 0 Å². The molecule has 1 saturated carbocycles. The molecule has 0 saturated heterocycles. The van der Waals surface area contributed by atoms with Gasteiger partial charge in [-0.3, -0.25) is 9.89 Å². The molecule has 104 valence electrons. The highest BCUT2D eigenvalue weighted by Crippen LogP contribution is 2.32. The number of amides is 1. The first kappa shape index (κ1) is 12.8. The van der Waals surface area contributed by atoms with E-state index in [1.54, 1.807) is 0 Å². The van der Waals surface area contributed by atoms with Crippen molar-refractivity contribution >= 4 is 11.6 Å². The number of H-pyrrole nitrogens is 1. The minimum Gasteiger partial charge on any atom is -0.324 e. The van der Waals surface area contributed by atoms with E-state index < -0.39 is 5.54 Å². The summed E-state index contributed by atoms with van der Waals surface area (Å²) >= 11 is 0. The third-order valence-electron chi connectivity index (χ3n) is 3.71. The van der Waals surface area contributed by atoms with Gasteiger partial charge in [-0.05, 0) is 38.3 Å². The van der Waals surface area contributed by atoms with Crippen molar-refractivity contribution in [2.45, 2.75) is 31.7 Å². The fourth-order valence-electron chi connectivity index (χ4n) is 2.28. The zero-order valence-corrected chi connectivity index (χ0v) is 11.3. The number of aromatic nitrogens is 3. The van der Waals surface area contributed by atoms with Crippen LogP contribution in [0.3, 0.4) is 0 Å². The molecule has 4 N–H and O–H groups in total. The first-order valence-corrected chi connectivity index (χ1v) is 6.67. The summed E-state index contributed by atoms with van der Waals surface area (Å²) in [6.07, 6.45) is 2.48. The molecule has 0 bridgehead atoms. The first-order valence-electron chi connectivity index (χ1n) is 6.67. The van der Waals surface area contributed by atoms with Crippen LogP contribution in [0.1, 0.15) is 25.1 Å². The molecule has 1 fully saturated rings. The number of aromatic amines is 1. The van der Waals surface area contributed by atoms with E-state index in [-0.39, 0.29) is 5.91 Å². The summed E-state index contributed by atoms with van der Waals surface area (Å²) in [5, 5.41) is 9.84. The Bertz CT molecular complexity index is 645. The van der Waals surface area contributed by atoms with E-state index in [2.05, 4.69) is 20.5 Å².